The lowest BCUT2D eigenvalue weighted by Crippen LogP contribution is -2.33. The molecule has 27 heavy (non-hydrogen) atoms. The molecule has 0 saturated heterocycles. The third-order valence-electron chi connectivity index (χ3n) is 5.06. The molecule has 136 valence electrons. The number of carbonyl (C=O) groups is 1. The molecule has 1 heterocycles. The summed E-state index contributed by atoms with van der Waals surface area (Å²) in [4.78, 5) is 20.1. The van der Waals surface area contributed by atoms with Gasteiger partial charge in [0.1, 0.15) is 0 Å². The molecule has 0 radical (unpaired) electrons. The molecule has 1 saturated carbocycles. The molecule has 0 aliphatic heterocycles. The lowest BCUT2D eigenvalue weighted by atomic mass is 10.0. The molecule has 0 bridgehead atoms. The highest BCUT2D eigenvalue weighted by atomic mass is 16.2. The second-order valence-electron chi connectivity index (χ2n) is 7.28. The van der Waals surface area contributed by atoms with Crippen LogP contribution in [0.25, 0.3) is 17.0 Å². The molecular weight excluding hydrogens is 332 g/mol. The second-order valence-corrected chi connectivity index (χ2v) is 7.28. The van der Waals surface area contributed by atoms with Crippen molar-refractivity contribution in [2.24, 2.45) is 0 Å². The van der Waals surface area contributed by atoms with E-state index in [2.05, 4.69) is 29.3 Å². The molecular formula is C24H24N2O. The first-order valence-corrected chi connectivity index (χ1v) is 9.53. The van der Waals surface area contributed by atoms with Gasteiger partial charge in [0.15, 0.2) is 0 Å². The van der Waals surface area contributed by atoms with Crippen molar-refractivity contribution < 1.29 is 4.79 Å². The third-order valence-corrected chi connectivity index (χ3v) is 5.06. The van der Waals surface area contributed by atoms with E-state index in [4.69, 9.17) is 0 Å². The molecule has 0 unspecified atom stereocenters. The van der Waals surface area contributed by atoms with Crippen molar-refractivity contribution in [1.29, 1.82) is 0 Å². The highest BCUT2D eigenvalue weighted by Gasteiger charge is 2.33. The smallest absolute Gasteiger partial charge is 0.255 e. The van der Waals surface area contributed by atoms with Crippen molar-refractivity contribution in [3.8, 4) is 0 Å². The summed E-state index contributed by atoms with van der Waals surface area (Å²) in [6.07, 6.45) is 6.35. The number of hydrogen-bond donors (Lipinski definition) is 0. The van der Waals surface area contributed by atoms with Crippen LogP contribution >= 0.6 is 0 Å². The van der Waals surface area contributed by atoms with Crippen molar-refractivity contribution in [3.05, 3.63) is 83.1 Å². The van der Waals surface area contributed by atoms with Crippen LogP contribution in [0, 0.1) is 13.8 Å². The van der Waals surface area contributed by atoms with E-state index in [1.54, 1.807) is 0 Å². The van der Waals surface area contributed by atoms with Gasteiger partial charge < -0.3 is 4.90 Å². The number of fused-ring (bicyclic) bond motifs is 1. The molecule has 1 amide bonds. The summed E-state index contributed by atoms with van der Waals surface area (Å²) in [6, 6.07) is 18.5. The first-order chi connectivity index (χ1) is 13.1. The SMILES string of the molecule is Cc1cc(C(=O)N(CC=Cc2ccccc2)C2CC2)c2cccc(C)c2n1. The predicted molar refractivity (Wildman–Crippen MR) is 111 cm³/mol. The molecule has 2 aromatic carbocycles. The van der Waals surface area contributed by atoms with Crippen LogP contribution in [0.3, 0.4) is 0 Å². The monoisotopic (exact) mass is 356 g/mol. The topological polar surface area (TPSA) is 33.2 Å². The van der Waals surface area contributed by atoms with Gasteiger partial charge in [0.25, 0.3) is 5.91 Å². The van der Waals surface area contributed by atoms with Crippen molar-refractivity contribution >= 4 is 22.9 Å². The Kier molecular flexibility index (Phi) is 4.76. The van der Waals surface area contributed by atoms with E-state index in [0.29, 0.717) is 12.6 Å². The van der Waals surface area contributed by atoms with E-state index in [-0.39, 0.29) is 5.91 Å². The van der Waals surface area contributed by atoms with Gasteiger partial charge in [-0.15, -0.1) is 0 Å². The molecule has 0 atom stereocenters. The number of nitrogens with zero attached hydrogens (tertiary/aromatic N) is 2. The third kappa shape index (κ3) is 3.77. The maximum Gasteiger partial charge on any atom is 0.255 e. The quantitative estimate of drug-likeness (QED) is 0.632. The van der Waals surface area contributed by atoms with Gasteiger partial charge in [-0.25, -0.2) is 0 Å². The number of carbonyl (C=O) groups excluding carboxylic acids is 1. The largest absolute Gasteiger partial charge is 0.332 e. The van der Waals surface area contributed by atoms with Crippen LogP contribution in [0.5, 0.6) is 0 Å². The van der Waals surface area contributed by atoms with Crippen LogP contribution in [0.4, 0.5) is 0 Å². The van der Waals surface area contributed by atoms with Crippen molar-refractivity contribution in [2.45, 2.75) is 32.7 Å². The van der Waals surface area contributed by atoms with Gasteiger partial charge in [-0.1, -0.05) is 60.7 Å². The fourth-order valence-electron chi connectivity index (χ4n) is 3.50. The van der Waals surface area contributed by atoms with Crippen LogP contribution < -0.4 is 0 Å². The van der Waals surface area contributed by atoms with Crippen molar-refractivity contribution in [1.82, 2.24) is 9.88 Å². The van der Waals surface area contributed by atoms with Gasteiger partial charge in [-0.05, 0) is 43.9 Å². The Morgan fingerprint density at radius 2 is 1.89 bits per heavy atom. The molecule has 1 fully saturated rings. The number of amides is 1. The molecule has 0 spiro atoms. The first-order valence-electron chi connectivity index (χ1n) is 9.53. The lowest BCUT2D eigenvalue weighted by Gasteiger charge is -2.22. The molecule has 1 aliphatic rings. The molecule has 0 N–H and O–H groups in total. The van der Waals surface area contributed by atoms with Gasteiger partial charge in [-0.2, -0.15) is 0 Å². The van der Waals surface area contributed by atoms with E-state index in [9.17, 15) is 4.79 Å². The standard InChI is InChI=1S/C24H24N2O/c1-17-8-6-12-21-22(16-18(2)25-23(17)21)24(27)26(20-13-14-20)15-7-11-19-9-4-3-5-10-19/h3-12,16,20H,13-15H2,1-2H3. The Bertz CT molecular complexity index is 1000. The molecule has 3 nitrogen and oxygen atoms in total. The van der Waals surface area contributed by atoms with E-state index in [1.165, 1.54) is 0 Å². The van der Waals surface area contributed by atoms with Crippen LogP contribution in [-0.2, 0) is 0 Å². The number of aryl methyl sites for hydroxylation is 2. The van der Waals surface area contributed by atoms with Gasteiger partial charge in [0, 0.05) is 23.7 Å². The Balaban J connectivity index is 1.64. The van der Waals surface area contributed by atoms with Gasteiger partial charge in [0.2, 0.25) is 0 Å². The highest BCUT2D eigenvalue weighted by molar-refractivity contribution is 6.07. The number of pyridine rings is 1. The number of hydrogen-bond acceptors (Lipinski definition) is 2. The summed E-state index contributed by atoms with van der Waals surface area (Å²) in [6.45, 7) is 4.64. The predicted octanol–water partition coefficient (Wildman–Crippen LogP) is 5.17. The summed E-state index contributed by atoms with van der Waals surface area (Å²) in [7, 11) is 0. The van der Waals surface area contributed by atoms with Crippen LogP contribution in [0.15, 0.2) is 60.7 Å². The normalized spacial score (nSPS) is 14.0. The summed E-state index contributed by atoms with van der Waals surface area (Å²) in [5.74, 6) is 0.108. The average molecular weight is 356 g/mol. The molecule has 1 aromatic heterocycles. The zero-order valence-electron chi connectivity index (χ0n) is 15.9. The Morgan fingerprint density at radius 1 is 1.11 bits per heavy atom. The summed E-state index contributed by atoms with van der Waals surface area (Å²) in [5, 5.41) is 0.947. The number of rotatable bonds is 5. The highest BCUT2D eigenvalue weighted by Crippen LogP contribution is 2.30. The summed E-state index contributed by atoms with van der Waals surface area (Å²) >= 11 is 0. The minimum atomic E-state index is 0.108. The van der Waals surface area contributed by atoms with Crippen LogP contribution in [-0.4, -0.2) is 28.4 Å². The van der Waals surface area contributed by atoms with Crippen LogP contribution in [0.2, 0.25) is 0 Å². The minimum absolute atomic E-state index is 0.108. The van der Waals surface area contributed by atoms with Gasteiger partial charge >= 0.3 is 0 Å². The van der Waals surface area contributed by atoms with E-state index >= 15 is 0 Å². The van der Waals surface area contributed by atoms with E-state index in [1.807, 2.05) is 61.2 Å². The Labute approximate surface area is 160 Å². The van der Waals surface area contributed by atoms with E-state index < -0.39 is 0 Å². The Hall–Kier alpha value is -2.94. The van der Waals surface area contributed by atoms with Crippen LogP contribution in [0.1, 0.15) is 40.0 Å². The number of aromatic nitrogens is 1. The fourth-order valence-corrected chi connectivity index (χ4v) is 3.50. The second kappa shape index (κ2) is 7.36. The molecule has 1 aliphatic carbocycles. The first kappa shape index (κ1) is 17.5. The minimum Gasteiger partial charge on any atom is -0.332 e. The summed E-state index contributed by atoms with van der Waals surface area (Å²) < 4.78 is 0. The van der Waals surface area contributed by atoms with Crippen molar-refractivity contribution in [3.63, 3.8) is 0 Å². The zero-order chi connectivity index (χ0) is 18.8. The molecule has 3 aromatic rings. The number of para-hydroxylation sites is 1. The lowest BCUT2D eigenvalue weighted by molar-refractivity contribution is 0.0764. The Morgan fingerprint density at radius 3 is 2.63 bits per heavy atom. The number of benzene rings is 2. The average Bonchev–Trinajstić information content (AvgIpc) is 3.51. The zero-order valence-corrected chi connectivity index (χ0v) is 15.9. The fraction of sp³-hybridized carbons (Fsp3) is 0.250. The maximum atomic E-state index is 13.4. The molecule has 4 rings (SSSR count). The summed E-state index contributed by atoms with van der Waals surface area (Å²) in [5.41, 5.74) is 4.84. The van der Waals surface area contributed by atoms with Gasteiger partial charge in [0.05, 0.1) is 11.1 Å². The molecule has 3 heteroatoms. The van der Waals surface area contributed by atoms with Crippen molar-refractivity contribution in [2.75, 3.05) is 6.54 Å². The van der Waals surface area contributed by atoms with E-state index in [0.717, 1.165) is 46.1 Å². The maximum absolute atomic E-state index is 13.4. The van der Waals surface area contributed by atoms with Gasteiger partial charge in [-0.3, -0.25) is 9.78 Å².